The average molecular weight is 618 g/mol. The Labute approximate surface area is 283 Å². The van der Waals surface area contributed by atoms with Gasteiger partial charge >= 0.3 is 0 Å². The minimum absolute atomic E-state index is 0.0602. The molecule has 0 saturated heterocycles. The van der Waals surface area contributed by atoms with E-state index in [1.165, 1.54) is 5.19 Å². The van der Waals surface area contributed by atoms with Gasteiger partial charge in [-0.1, -0.05) is 170 Å². The number of aromatic nitrogens is 3. The third-order valence-corrected chi connectivity index (χ3v) is 9.72. The maximum Gasteiger partial charge on any atom is 0.164 e. The second-order valence-electron chi connectivity index (χ2n) is 11.9. The zero-order valence-corrected chi connectivity index (χ0v) is 26.7. The van der Waals surface area contributed by atoms with Gasteiger partial charge in [0.1, 0.15) is 0 Å². The van der Waals surface area contributed by atoms with Gasteiger partial charge in [0.15, 0.2) is 17.5 Å². The van der Waals surface area contributed by atoms with Gasteiger partial charge in [-0.3, -0.25) is 0 Å². The van der Waals surface area contributed by atoms with Crippen LogP contribution < -0.4 is 5.19 Å². The monoisotopic (exact) mass is 617 g/mol. The topological polar surface area (TPSA) is 38.7 Å². The molecule has 1 aromatic heterocycles. The van der Waals surface area contributed by atoms with Gasteiger partial charge in [0.05, 0.1) is 19.0 Å². The van der Waals surface area contributed by atoms with Crippen molar-refractivity contribution in [3.63, 3.8) is 0 Å². The van der Waals surface area contributed by atoms with E-state index in [-0.39, 0.29) is 51.8 Å². The largest absolute Gasteiger partial charge is 0.208 e. The molecular formula is C42H35N3Si. The lowest BCUT2D eigenvalue weighted by molar-refractivity contribution is 1.07. The second kappa shape index (κ2) is 12.5. The highest BCUT2D eigenvalue weighted by atomic mass is 28.3. The molecule has 0 spiro atoms. The highest BCUT2D eigenvalue weighted by Gasteiger charge is 2.16. The van der Waals surface area contributed by atoms with Crippen molar-refractivity contribution in [3.05, 3.63) is 158 Å². The molecule has 0 aliphatic heterocycles. The lowest BCUT2D eigenvalue weighted by Gasteiger charge is -2.17. The first-order chi connectivity index (χ1) is 25.8. The summed E-state index contributed by atoms with van der Waals surface area (Å²) in [5.41, 5.74) is 2.91. The van der Waals surface area contributed by atoms with Crippen LogP contribution in [0.1, 0.15) is 11.0 Å². The summed E-state index contributed by atoms with van der Waals surface area (Å²) < 4.78 is 72.4. The molecule has 0 aliphatic rings. The maximum absolute atomic E-state index is 9.33. The van der Waals surface area contributed by atoms with Crippen LogP contribution in [0.25, 0.3) is 67.5 Å². The summed E-state index contributed by atoms with van der Waals surface area (Å²) in [4.78, 5) is 13.9. The predicted molar refractivity (Wildman–Crippen MR) is 195 cm³/mol. The van der Waals surface area contributed by atoms with Crippen LogP contribution in [0.2, 0.25) is 19.6 Å². The fourth-order valence-electron chi connectivity index (χ4n) is 5.10. The zero-order chi connectivity index (χ0) is 38.5. The Kier molecular flexibility index (Phi) is 5.79. The first kappa shape index (κ1) is 21.3. The van der Waals surface area contributed by atoms with Crippen molar-refractivity contribution in [2.75, 3.05) is 0 Å². The van der Waals surface area contributed by atoms with E-state index in [0.717, 1.165) is 11.1 Å². The molecule has 7 aromatic rings. The molecule has 6 aromatic carbocycles. The van der Waals surface area contributed by atoms with Gasteiger partial charge in [-0.2, -0.15) is 0 Å². The standard InChI is InChI=1S/C42H35N3Si/c1-46(2,3)39-26-24-31(25-27-39)36-17-11-19-38(29-36)37-18-10-16-35(28-37)30-20-22-34(23-21-30)42-44-40(32-12-6-4-7-13-32)43-41(45-42)33-14-8-5-9-15-33/h4-29H,1-3H3/i10D,16D,18D,20D,21D,22D,23D,28D. The minimum atomic E-state index is -1.52. The van der Waals surface area contributed by atoms with Crippen LogP contribution >= 0.6 is 0 Å². The molecule has 0 amide bonds. The van der Waals surface area contributed by atoms with Gasteiger partial charge in [0.2, 0.25) is 0 Å². The molecule has 3 nitrogen and oxygen atoms in total. The van der Waals surface area contributed by atoms with E-state index in [9.17, 15) is 1.37 Å². The van der Waals surface area contributed by atoms with Crippen LogP contribution in [0.5, 0.6) is 0 Å². The fourth-order valence-corrected chi connectivity index (χ4v) is 6.27. The van der Waals surface area contributed by atoms with E-state index in [1.807, 2.05) is 84.9 Å². The van der Waals surface area contributed by atoms with Crippen LogP contribution in [0.15, 0.2) is 158 Å². The first-order valence-electron chi connectivity index (χ1n) is 19.1. The van der Waals surface area contributed by atoms with Gasteiger partial charge < -0.3 is 0 Å². The van der Waals surface area contributed by atoms with Crippen LogP contribution in [-0.4, -0.2) is 23.0 Å². The van der Waals surface area contributed by atoms with Gasteiger partial charge in [-0.25, -0.2) is 15.0 Å². The molecule has 1 heterocycles. The second-order valence-corrected chi connectivity index (χ2v) is 17.0. The van der Waals surface area contributed by atoms with E-state index in [4.69, 9.17) is 9.60 Å². The number of nitrogens with zero attached hydrogens (tertiary/aromatic N) is 3. The molecule has 0 unspecified atom stereocenters. The quantitative estimate of drug-likeness (QED) is 0.167. The lowest BCUT2D eigenvalue weighted by atomic mass is 9.96. The van der Waals surface area contributed by atoms with Crippen molar-refractivity contribution in [2.24, 2.45) is 0 Å². The van der Waals surface area contributed by atoms with Gasteiger partial charge in [0.25, 0.3) is 0 Å². The minimum Gasteiger partial charge on any atom is -0.208 e. The molecule has 0 fully saturated rings. The molecule has 0 bridgehead atoms. The molecule has 0 saturated carbocycles. The summed E-state index contributed by atoms with van der Waals surface area (Å²) in [6.07, 6.45) is 0. The van der Waals surface area contributed by atoms with Crippen molar-refractivity contribution in [1.29, 1.82) is 0 Å². The Balaban J connectivity index is 1.40. The summed E-state index contributed by atoms with van der Waals surface area (Å²) in [5, 5.41) is 1.31. The van der Waals surface area contributed by atoms with Gasteiger partial charge in [0, 0.05) is 16.7 Å². The Morgan fingerprint density at radius 2 is 0.870 bits per heavy atom. The molecule has 0 atom stereocenters. The van der Waals surface area contributed by atoms with E-state index in [0.29, 0.717) is 16.7 Å². The number of rotatable bonds is 7. The van der Waals surface area contributed by atoms with Crippen molar-refractivity contribution in [2.45, 2.75) is 19.6 Å². The zero-order valence-electron chi connectivity index (χ0n) is 33.7. The van der Waals surface area contributed by atoms with Crippen molar-refractivity contribution < 1.29 is 11.0 Å². The smallest absolute Gasteiger partial charge is 0.164 e. The van der Waals surface area contributed by atoms with E-state index >= 15 is 0 Å². The van der Waals surface area contributed by atoms with Gasteiger partial charge in [-0.15, -0.1) is 0 Å². The number of hydrogen-bond acceptors (Lipinski definition) is 3. The van der Waals surface area contributed by atoms with Crippen LogP contribution in [0.4, 0.5) is 0 Å². The van der Waals surface area contributed by atoms with Gasteiger partial charge in [-0.05, 0) is 45.5 Å². The lowest BCUT2D eigenvalue weighted by Crippen LogP contribution is -2.37. The fraction of sp³-hybridized carbons (Fsp3) is 0.0714. The molecular weight excluding hydrogens is 575 g/mol. The van der Waals surface area contributed by atoms with E-state index in [2.05, 4.69) is 46.7 Å². The number of benzene rings is 6. The molecule has 222 valence electrons. The third-order valence-electron chi connectivity index (χ3n) is 7.66. The first-order valence-corrected chi connectivity index (χ1v) is 18.6. The molecule has 7 rings (SSSR count). The number of hydrogen-bond donors (Lipinski definition) is 0. The normalized spacial score (nSPS) is 13.8. The third kappa shape index (κ3) is 6.34. The summed E-state index contributed by atoms with van der Waals surface area (Å²) >= 11 is 0. The Morgan fingerprint density at radius 1 is 0.413 bits per heavy atom. The van der Waals surface area contributed by atoms with E-state index in [1.54, 1.807) is 12.1 Å². The van der Waals surface area contributed by atoms with E-state index < -0.39 is 44.3 Å². The van der Waals surface area contributed by atoms with Crippen LogP contribution in [0.3, 0.4) is 0 Å². The summed E-state index contributed by atoms with van der Waals surface area (Å²) in [6, 6.07) is 30.3. The van der Waals surface area contributed by atoms with Crippen LogP contribution in [0, 0.1) is 0 Å². The highest BCUT2D eigenvalue weighted by Crippen LogP contribution is 2.31. The Bertz CT molecular complexity index is 2470. The summed E-state index contributed by atoms with van der Waals surface area (Å²) in [5.74, 6) is 0.499. The molecule has 4 heteroatoms. The van der Waals surface area contributed by atoms with Crippen molar-refractivity contribution in [3.8, 4) is 67.5 Å². The summed E-state index contributed by atoms with van der Waals surface area (Å²) in [6.45, 7) is 6.84. The van der Waals surface area contributed by atoms with Crippen molar-refractivity contribution >= 4 is 13.3 Å². The van der Waals surface area contributed by atoms with Crippen molar-refractivity contribution in [1.82, 2.24) is 15.0 Å². The maximum atomic E-state index is 9.33. The van der Waals surface area contributed by atoms with Crippen LogP contribution in [-0.2, 0) is 0 Å². The molecule has 0 N–H and O–H groups in total. The highest BCUT2D eigenvalue weighted by molar-refractivity contribution is 6.88. The Hall–Kier alpha value is -5.45. The predicted octanol–water partition coefficient (Wildman–Crippen LogP) is 10.4. The molecule has 0 radical (unpaired) electrons. The Morgan fingerprint density at radius 3 is 1.41 bits per heavy atom. The average Bonchev–Trinajstić information content (AvgIpc) is 3.18. The SMILES string of the molecule is [2H]c1c([2H])c(-c2cccc(-c3ccc([Si](C)(C)C)cc3)c2)c([2H])c(-c2c([2H])c([2H])c(-c3nc(-c4ccccc4)nc(-c4ccccc4)n3)c([2H])c2[2H])c1[2H]. The summed E-state index contributed by atoms with van der Waals surface area (Å²) in [7, 11) is -1.52. The molecule has 0 aliphatic carbocycles. The molecule has 46 heavy (non-hydrogen) atoms.